The fourth-order valence-electron chi connectivity index (χ4n) is 2.35. The minimum atomic E-state index is -3.43. The second kappa shape index (κ2) is 5.93. The molecule has 2 rings (SSSR count). The first-order valence-corrected chi connectivity index (χ1v) is 8.50. The Balaban J connectivity index is 2.17. The van der Waals surface area contributed by atoms with E-state index in [4.69, 9.17) is 4.74 Å². The molecule has 20 heavy (non-hydrogen) atoms. The molecular formula is C14H19NO4S. The third kappa shape index (κ3) is 3.37. The van der Waals surface area contributed by atoms with Crippen molar-refractivity contribution in [3.05, 3.63) is 29.8 Å². The number of hydrogen-bond donors (Lipinski definition) is 1. The lowest BCUT2D eigenvalue weighted by Crippen LogP contribution is -2.41. The van der Waals surface area contributed by atoms with E-state index in [0.29, 0.717) is 6.61 Å². The number of amides is 1. The average molecular weight is 297 g/mol. The van der Waals surface area contributed by atoms with Gasteiger partial charge < -0.3 is 10.1 Å². The lowest BCUT2D eigenvalue weighted by molar-refractivity contribution is 0.0710. The number of rotatable bonds is 4. The van der Waals surface area contributed by atoms with Crippen molar-refractivity contribution in [3.63, 3.8) is 0 Å². The molecule has 5 nitrogen and oxygen atoms in total. The Labute approximate surface area is 119 Å². The van der Waals surface area contributed by atoms with Crippen LogP contribution in [0.3, 0.4) is 0 Å². The number of nitrogens with one attached hydrogen (secondary N) is 1. The summed E-state index contributed by atoms with van der Waals surface area (Å²) in [5.74, 6) is -0.381. The SMILES string of the molecule is CC(NC(=O)c1ccccc1S(C)(=O)=O)C1CCCO1. The van der Waals surface area contributed by atoms with Crippen LogP contribution in [0.15, 0.2) is 29.2 Å². The average Bonchev–Trinajstić information content (AvgIpc) is 2.91. The Morgan fingerprint density at radius 2 is 2.10 bits per heavy atom. The fourth-order valence-corrected chi connectivity index (χ4v) is 3.24. The lowest BCUT2D eigenvalue weighted by Gasteiger charge is -2.20. The van der Waals surface area contributed by atoms with Gasteiger partial charge in [-0.1, -0.05) is 12.1 Å². The highest BCUT2D eigenvalue weighted by atomic mass is 32.2. The predicted octanol–water partition coefficient (Wildman–Crippen LogP) is 1.39. The van der Waals surface area contributed by atoms with Gasteiger partial charge in [-0.3, -0.25) is 4.79 Å². The molecule has 0 aliphatic carbocycles. The van der Waals surface area contributed by atoms with Crippen LogP contribution in [0, 0.1) is 0 Å². The quantitative estimate of drug-likeness (QED) is 0.911. The van der Waals surface area contributed by atoms with Gasteiger partial charge >= 0.3 is 0 Å². The maximum atomic E-state index is 12.2. The van der Waals surface area contributed by atoms with Crippen LogP contribution in [-0.4, -0.2) is 39.3 Å². The highest BCUT2D eigenvalue weighted by molar-refractivity contribution is 7.90. The zero-order valence-corrected chi connectivity index (χ0v) is 12.4. The van der Waals surface area contributed by atoms with Crippen LogP contribution in [0.2, 0.25) is 0 Å². The second-order valence-electron chi connectivity index (χ2n) is 5.08. The molecule has 1 aromatic rings. The van der Waals surface area contributed by atoms with Crippen molar-refractivity contribution < 1.29 is 17.9 Å². The first-order chi connectivity index (χ1) is 9.39. The van der Waals surface area contributed by atoms with E-state index in [1.807, 2.05) is 6.92 Å². The molecule has 0 radical (unpaired) electrons. The largest absolute Gasteiger partial charge is 0.376 e. The van der Waals surface area contributed by atoms with Gasteiger partial charge in [-0.2, -0.15) is 0 Å². The van der Waals surface area contributed by atoms with E-state index in [-0.39, 0.29) is 28.5 Å². The number of benzene rings is 1. The van der Waals surface area contributed by atoms with Crippen LogP contribution in [0.1, 0.15) is 30.1 Å². The number of sulfone groups is 1. The van der Waals surface area contributed by atoms with Gasteiger partial charge in [0.2, 0.25) is 0 Å². The Kier molecular flexibility index (Phi) is 4.45. The molecule has 1 aromatic carbocycles. The molecule has 110 valence electrons. The molecule has 0 aromatic heterocycles. The van der Waals surface area contributed by atoms with Crippen LogP contribution in [0.25, 0.3) is 0 Å². The van der Waals surface area contributed by atoms with Gasteiger partial charge in [0.15, 0.2) is 9.84 Å². The minimum absolute atomic E-state index is 0.00402. The summed E-state index contributed by atoms with van der Waals surface area (Å²) in [4.78, 5) is 12.3. The van der Waals surface area contributed by atoms with Crippen molar-refractivity contribution in [2.75, 3.05) is 12.9 Å². The van der Waals surface area contributed by atoms with Gasteiger partial charge in [0, 0.05) is 12.9 Å². The van der Waals surface area contributed by atoms with E-state index in [0.717, 1.165) is 19.1 Å². The third-order valence-corrected chi connectivity index (χ3v) is 4.57. The molecule has 1 amide bonds. The van der Waals surface area contributed by atoms with Gasteiger partial charge in [-0.25, -0.2) is 8.42 Å². The highest BCUT2D eigenvalue weighted by Gasteiger charge is 2.25. The normalized spacial score (nSPS) is 20.6. The molecule has 6 heteroatoms. The summed E-state index contributed by atoms with van der Waals surface area (Å²) in [6.45, 7) is 2.59. The Hall–Kier alpha value is -1.40. The van der Waals surface area contributed by atoms with Crippen molar-refractivity contribution in [1.82, 2.24) is 5.32 Å². The van der Waals surface area contributed by atoms with Gasteiger partial charge in [-0.15, -0.1) is 0 Å². The summed E-state index contributed by atoms with van der Waals surface area (Å²) in [6, 6.07) is 6.09. The van der Waals surface area contributed by atoms with E-state index >= 15 is 0 Å². The number of carbonyl (C=O) groups is 1. The minimum Gasteiger partial charge on any atom is -0.376 e. The van der Waals surface area contributed by atoms with E-state index < -0.39 is 9.84 Å². The van der Waals surface area contributed by atoms with Gasteiger partial charge in [0.25, 0.3) is 5.91 Å². The Morgan fingerprint density at radius 1 is 1.40 bits per heavy atom. The molecule has 1 heterocycles. The molecule has 2 atom stereocenters. The van der Waals surface area contributed by atoms with Crippen LogP contribution in [-0.2, 0) is 14.6 Å². The monoisotopic (exact) mass is 297 g/mol. The summed E-state index contributed by atoms with van der Waals surface area (Å²) in [7, 11) is -3.43. The Morgan fingerprint density at radius 3 is 2.70 bits per heavy atom. The molecule has 1 saturated heterocycles. The summed E-state index contributed by atoms with van der Waals surface area (Å²) in [6.07, 6.45) is 3.01. The fraction of sp³-hybridized carbons (Fsp3) is 0.500. The van der Waals surface area contributed by atoms with Gasteiger partial charge in [0.1, 0.15) is 0 Å². The van der Waals surface area contributed by atoms with E-state index in [1.54, 1.807) is 12.1 Å². The number of ether oxygens (including phenoxy) is 1. The van der Waals surface area contributed by atoms with Crippen molar-refractivity contribution >= 4 is 15.7 Å². The molecule has 0 bridgehead atoms. The topological polar surface area (TPSA) is 72.5 Å². The summed E-state index contributed by atoms with van der Waals surface area (Å²) < 4.78 is 28.9. The summed E-state index contributed by atoms with van der Waals surface area (Å²) in [5.41, 5.74) is 0.180. The molecule has 1 N–H and O–H groups in total. The van der Waals surface area contributed by atoms with E-state index in [2.05, 4.69) is 5.32 Å². The molecule has 1 aliphatic rings. The standard InChI is InChI=1S/C14H19NO4S/c1-10(12-7-5-9-19-12)15-14(16)11-6-3-4-8-13(11)20(2,17)18/h3-4,6,8,10,12H,5,7,9H2,1-2H3,(H,15,16). The van der Waals surface area contributed by atoms with E-state index in [1.165, 1.54) is 12.1 Å². The maximum absolute atomic E-state index is 12.2. The van der Waals surface area contributed by atoms with Gasteiger partial charge in [-0.05, 0) is 31.9 Å². The van der Waals surface area contributed by atoms with Crippen LogP contribution < -0.4 is 5.32 Å². The first kappa shape index (κ1) is 15.0. The number of carbonyl (C=O) groups excluding carboxylic acids is 1. The zero-order chi connectivity index (χ0) is 14.8. The molecule has 2 unspecified atom stereocenters. The molecule has 1 fully saturated rings. The van der Waals surface area contributed by atoms with Crippen molar-refractivity contribution in [1.29, 1.82) is 0 Å². The zero-order valence-electron chi connectivity index (χ0n) is 11.6. The van der Waals surface area contributed by atoms with E-state index in [9.17, 15) is 13.2 Å². The van der Waals surface area contributed by atoms with Gasteiger partial charge in [0.05, 0.1) is 22.6 Å². The van der Waals surface area contributed by atoms with Crippen molar-refractivity contribution in [3.8, 4) is 0 Å². The lowest BCUT2D eigenvalue weighted by atomic mass is 10.1. The van der Waals surface area contributed by atoms with Crippen LogP contribution in [0.5, 0.6) is 0 Å². The molecule has 0 spiro atoms. The predicted molar refractivity (Wildman–Crippen MR) is 75.5 cm³/mol. The van der Waals surface area contributed by atoms with Crippen molar-refractivity contribution in [2.45, 2.75) is 36.8 Å². The summed E-state index contributed by atoms with van der Waals surface area (Å²) >= 11 is 0. The van der Waals surface area contributed by atoms with Crippen LogP contribution in [0.4, 0.5) is 0 Å². The highest BCUT2D eigenvalue weighted by Crippen LogP contribution is 2.18. The molecular weight excluding hydrogens is 278 g/mol. The molecule has 1 aliphatic heterocycles. The number of hydrogen-bond acceptors (Lipinski definition) is 4. The third-order valence-electron chi connectivity index (χ3n) is 3.41. The first-order valence-electron chi connectivity index (χ1n) is 6.61. The van der Waals surface area contributed by atoms with Crippen molar-refractivity contribution in [2.24, 2.45) is 0 Å². The van der Waals surface area contributed by atoms with Crippen LogP contribution >= 0.6 is 0 Å². The Bertz CT molecular complexity index is 591. The second-order valence-corrected chi connectivity index (χ2v) is 7.07. The summed E-state index contributed by atoms with van der Waals surface area (Å²) in [5, 5.41) is 2.82. The molecule has 0 saturated carbocycles. The smallest absolute Gasteiger partial charge is 0.252 e. The maximum Gasteiger partial charge on any atom is 0.252 e.